The van der Waals surface area contributed by atoms with Gasteiger partial charge >= 0.3 is 0 Å². The molecule has 0 spiro atoms. The zero-order valence-electron chi connectivity index (χ0n) is 9.70. The van der Waals surface area contributed by atoms with Crippen molar-refractivity contribution in [2.24, 2.45) is 0 Å². The Bertz CT molecular complexity index is 356. The van der Waals surface area contributed by atoms with E-state index in [1.165, 1.54) is 0 Å². The Kier molecular flexibility index (Phi) is 4.35. The van der Waals surface area contributed by atoms with E-state index >= 15 is 0 Å². The van der Waals surface area contributed by atoms with Gasteiger partial charge in [0.15, 0.2) is 0 Å². The molecule has 1 unspecified atom stereocenters. The fourth-order valence-corrected chi connectivity index (χ4v) is 1.61. The average molecular weight is 289 g/mol. The van der Waals surface area contributed by atoms with E-state index in [9.17, 15) is 10.2 Å². The first-order valence-electron chi connectivity index (χ1n) is 5.12. The highest BCUT2D eigenvalue weighted by molar-refractivity contribution is 9.10. The van der Waals surface area contributed by atoms with Gasteiger partial charge in [-0.15, -0.1) is 0 Å². The molecule has 0 saturated heterocycles. The maximum absolute atomic E-state index is 9.60. The number of hydrogen-bond donors (Lipinski definition) is 2. The summed E-state index contributed by atoms with van der Waals surface area (Å²) in [6.07, 6.45) is -0.602. The van der Waals surface area contributed by atoms with Crippen molar-refractivity contribution in [1.29, 1.82) is 0 Å². The molecule has 0 amide bonds. The van der Waals surface area contributed by atoms with Gasteiger partial charge in [0.25, 0.3) is 0 Å². The van der Waals surface area contributed by atoms with E-state index in [1.807, 2.05) is 12.1 Å². The van der Waals surface area contributed by atoms with Gasteiger partial charge in [-0.05, 0) is 39.0 Å². The molecule has 3 nitrogen and oxygen atoms in total. The number of aliphatic hydroxyl groups excluding tert-OH is 1. The molecule has 0 bridgehead atoms. The van der Waals surface area contributed by atoms with Crippen LogP contribution in [0, 0.1) is 0 Å². The predicted octanol–water partition coefficient (Wildman–Crippen LogP) is 2.65. The van der Waals surface area contributed by atoms with Gasteiger partial charge in [-0.25, -0.2) is 0 Å². The van der Waals surface area contributed by atoms with Crippen molar-refractivity contribution >= 4 is 15.9 Å². The number of benzene rings is 1. The first kappa shape index (κ1) is 13.5. The van der Waals surface area contributed by atoms with Gasteiger partial charge in [0.05, 0.1) is 11.7 Å². The lowest BCUT2D eigenvalue weighted by Crippen LogP contribution is -2.28. The van der Waals surface area contributed by atoms with Crippen LogP contribution in [0.1, 0.15) is 32.4 Å². The molecule has 1 aromatic carbocycles. The van der Waals surface area contributed by atoms with Crippen LogP contribution in [0.3, 0.4) is 0 Å². The first-order valence-corrected chi connectivity index (χ1v) is 5.91. The minimum absolute atomic E-state index is 0.189. The Balaban J connectivity index is 2.87. The van der Waals surface area contributed by atoms with Crippen LogP contribution in [0.25, 0.3) is 0 Å². The number of halogens is 1. The Labute approximate surface area is 104 Å². The summed E-state index contributed by atoms with van der Waals surface area (Å²) in [5.41, 5.74) is -0.179. The molecule has 0 aliphatic carbocycles. The number of rotatable bonds is 4. The summed E-state index contributed by atoms with van der Waals surface area (Å²) in [5, 5.41) is 19.2. The van der Waals surface area contributed by atoms with Crippen LogP contribution in [-0.4, -0.2) is 22.4 Å². The summed E-state index contributed by atoms with van der Waals surface area (Å²) in [5.74, 6) is 0.598. The molecule has 0 aliphatic rings. The minimum atomic E-state index is -0.886. The van der Waals surface area contributed by atoms with E-state index in [1.54, 1.807) is 26.8 Å². The molecule has 0 fully saturated rings. The third-order valence-corrected chi connectivity index (χ3v) is 2.50. The van der Waals surface area contributed by atoms with Gasteiger partial charge in [-0.3, -0.25) is 0 Å². The minimum Gasteiger partial charge on any atom is -0.490 e. The SMILES string of the molecule is CC(O)c1cc(Br)ccc1OCC(C)(C)O. The number of ether oxygens (including phenoxy) is 1. The maximum atomic E-state index is 9.60. The Hall–Kier alpha value is -0.580. The van der Waals surface area contributed by atoms with E-state index in [0.29, 0.717) is 11.3 Å². The Morgan fingerprint density at radius 3 is 2.56 bits per heavy atom. The average Bonchev–Trinajstić information content (AvgIpc) is 2.14. The van der Waals surface area contributed by atoms with Crippen LogP contribution in [0.5, 0.6) is 5.75 Å². The molecule has 0 heterocycles. The highest BCUT2D eigenvalue weighted by atomic mass is 79.9. The quantitative estimate of drug-likeness (QED) is 0.896. The van der Waals surface area contributed by atoms with Gasteiger partial charge in [0.1, 0.15) is 12.4 Å². The summed E-state index contributed by atoms with van der Waals surface area (Å²) >= 11 is 3.34. The summed E-state index contributed by atoms with van der Waals surface area (Å²) in [4.78, 5) is 0. The molecule has 0 saturated carbocycles. The van der Waals surface area contributed by atoms with Crippen molar-refractivity contribution in [2.75, 3.05) is 6.61 Å². The molecule has 1 atom stereocenters. The van der Waals surface area contributed by atoms with Crippen molar-refractivity contribution in [3.63, 3.8) is 0 Å². The van der Waals surface area contributed by atoms with Crippen molar-refractivity contribution in [2.45, 2.75) is 32.5 Å². The van der Waals surface area contributed by atoms with Gasteiger partial charge in [-0.1, -0.05) is 15.9 Å². The van der Waals surface area contributed by atoms with Crippen molar-refractivity contribution in [3.05, 3.63) is 28.2 Å². The van der Waals surface area contributed by atoms with E-state index < -0.39 is 11.7 Å². The molecule has 0 radical (unpaired) electrons. The van der Waals surface area contributed by atoms with Crippen molar-refractivity contribution < 1.29 is 14.9 Å². The van der Waals surface area contributed by atoms with Crippen LogP contribution >= 0.6 is 15.9 Å². The van der Waals surface area contributed by atoms with Crippen LogP contribution in [0.15, 0.2) is 22.7 Å². The highest BCUT2D eigenvalue weighted by Gasteiger charge is 2.16. The Morgan fingerprint density at radius 1 is 1.44 bits per heavy atom. The topological polar surface area (TPSA) is 49.7 Å². The molecule has 2 N–H and O–H groups in total. The van der Waals surface area contributed by atoms with Crippen LogP contribution in [0.4, 0.5) is 0 Å². The molecule has 1 aromatic rings. The standard InChI is InChI=1S/C12H17BrO3/c1-8(14)10-6-9(13)4-5-11(10)16-7-12(2,3)15/h4-6,8,14-15H,7H2,1-3H3. The first-order chi connectivity index (χ1) is 7.29. The molecule has 0 aliphatic heterocycles. The summed E-state index contributed by atoms with van der Waals surface area (Å²) in [7, 11) is 0. The zero-order valence-corrected chi connectivity index (χ0v) is 11.3. The van der Waals surface area contributed by atoms with Crippen LogP contribution < -0.4 is 4.74 Å². The van der Waals surface area contributed by atoms with E-state index in [0.717, 1.165) is 4.47 Å². The fourth-order valence-electron chi connectivity index (χ4n) is 1.23. The van der Waals surface area contributed by atoms with E-state index in [-0.39, 0.29) is 6.61 Å². The lowest BCUT2D eigenvalue weighted by Gasteiger charge is -2.20. The van der Waals surface area contributed by atoms with Gasteiger partial charge in [-0.2, -0.15) is 0 Å². The summed E-state index contributed by atoms with van der Waals surface area (Å²) in [6, 6.07) is 5.42. The second-order valence-electron chi connectivity index (χ2n) is 4.46. The van der Waals surface area contributed by atoms with Crippen molar-refractivity contribution in [3.8, 4) is 5.75 Å². The van der Waals surface area contributed by atoms with E-state index in [2.05, 4.69) is 15.9 Å². The molecule has 16 heavy (non-hydrogen) atoms. The summed E-state index contributed by atoms with van der Waals surface area (Å²) < 4.78 is 6.38. The zero-order chi connectivity index (χ0) is 12.3. The van der Waals surface area contributed by atoms with Gasteiger partial charge < -0.3 is 14.9 Å². The Morgan fingerprint density at radius 2 is 2.06 bits per heavy atom. The number of aliphatic hydroxyl groups is 2. The fraction of sp³-hybridized carbons (Fsp3) is 0.500. The third kappa shape index (κ3) is 4.12. The van der Waals surface area contributed by atoms with Gasteiger partial charge in [0.2, 0.25) is 0 Å². The molecule has 1 rings (SSSR count). The predicted molar refractivity (Wildman–Crippen MR) is 66.6 cm³/mol. The molecular weight excluding hydrogens is 272 g/mol. The summed E-state index contributed by atoms with van der Waals surface area (Å²) in [6.45, 7) is 5.22. The van der Waals surface area contributed by atoms with Crippen LogP contribution in [0.2, 0.25) is 0 Å². The highest BCUT2D eigenvalue weighted by Crippen LogP contribution is 2.28. The van der Waals surface area contributed by atoms with Gasteiger partial charge in [0, 0.05) is 10.0 Å². The smallest absolute Gasteiger partial charge is 0.125 e. The second-order valence-corrected chi connectivity index (χ2v) is 5.37. The largest absolute Gasteiger partial charge is 0.490 e. The lowest BCUT2D eigenvalue weighted by molar-refractivity contribution is 0.0272. The van der Waals surface area contributed by atoms with Crippen LogP contribution in [-0.2, 0) is 0 Å². The monoisotopic (exact) mass is 288 g/mol. The maximum Gasteiger partial charge on any atom is 0.125 e. The molecular formula is C12H17BrO3. The molecule has 4 heteroatoms. The normalized spacial score (nSPS) is 13.6. The molecule has 0 aromatic heterocycles. The second kappa shape index (κ2) is 5.17. The van der Waals surface area contributed by atoms with E-state index in [4.69, 9.17) is 4.74 Å². The number of hydrogen-bond acceptors (Lipinski definition) is 3. The molecule has 90 valence electrons. The third-order valence-electron chi connectivity index (χ3n) is 2.00. The van der Waals surface area contributed by atoms with Crippen molar-refractivity contribution in [1.82, 2.24) is 0 Å². The lowest BCUT2D eigenvalue weighted by atomic mass is 10.1.